The number of likely N-dealkylation sites (tertiary alicyclic amines) is 1. The Kier molecular flexibility index (Phi) is 4.50. The lowest BCUT2D eigenvalue weighted by molar-refractivity contribution is -0.122. The van der Waals surface area contributed by atoms with E-state index in [1.165, 1.54) is 0 Å². The maximum absolute atomic E-state index is 13.2. The summed E-state index contributed by atoms with van der Waals surface area (Å²) in [6.45, 7) is 0.429. The second kappa shape index (κ2) is 6.99. The number of para-hydroxylation sites is 1. The Morgan fingerprint density at radius 2 is 1.71 bits per heavy atom. The molecule has 4 amide bonds. The van der Waals surface area contributed by atoms with Crippen molar-refractivity contribution in [1.82, 2.24) is 10.2 Å². The highest BCUT2D eigenvalue weighted by atomic mass is 16.2. The minimum absolute atomic E-state index is 0.199. The van der Waals surface area contributed by atoms with Crippen molar-refractivity contribution in [2.75, 3.05) is 30.4 Å². The molecular weight excluding hydrogens is 356 g/mol. The molecule has 7 nitrogen and oxygen atoms in total. The minimum atomic E-state index is -0.695. The molecule has 0 aliphatic carbocycles. The summed E-state index contributed by atoms with van der Waals surface area (Å²) in [6.07, 6.45) is 0.562. The first-order valence-corrected chi connectivity index (χ1v) is 9.25. The summed E-state index contributed by atoms with van der Waals surface area (Å²) >= 11 is 0. The van der Waals surface area contributed by atoms with E-state index in [0.717, 1.165) is 10.6 Å². The molecule has 144 valence electrons. The average Bonchev–Trinajstić information content (AvgIpc) is 3.12. The molecule has 2 heterocycles. The molecule has 0 spiro atoms. The van der Waals surface area contributed by atoms with Gasteiger partial charge in [0.05, 0.1) is 11.7 Å². The van der Waals surface area contributed by atoms with Crippen LogP contribution in [0.3, 0.4) is 0 Å². The standard InChI is InChI=1S/C21H22N4O3/c1-23(2)15-10-8-14(9-11-15)19(26)24-13-12-17-18(24)20(27)25(21(28)22-17)16-6-4-3-5-7-16/h3-11,17-18H,12-13H2,1-2H3,(H,22,28)/t17-,18+/m1/s1. The van der Waals surface area contributed by atoms with Crippen molar-refractivity contribution < 1.29 is 14.4 Å². The Morgan fingerprint density at radius 1 is 1.04 bits per heavy atom. The highest BCUT2D eigenvalue weighted by molar-refractivity contribution is 6.19. The zero-order chi connectivity index (χ0) is 19.8. The molecule has 2 aliphatic heterocycles. The largest absolute Gasteiger partial charge is 0.378 e. The Hall–Kier alpha value is -3.35. The van der Waals surface area contributed by atoms with E-state index < -0.39 is 12.1 Å². The number of amides is 4. The van der Waals surface area contributed by atoms with E-state index in [4.69, 9.17) is 0 Å². The normalized spacial score (nSPS) is 21.4. The van der Waals surface area contributed by atoms with Crippen LogP contribution in [-0.2, 0) is 4.79 Å². The van der Waals surface area contributed by atoms with Crippen LogP contribution in [0.1, 0.15) is 16.8 Å². The van der Waals surface area contributed by atoms with Gasteiger partial charge in [-0.2, -0.15) is 0 Å². The summed E-state index contributed by atoms with van der Waals surface area (Å²) in [5, 5.41) is 2.88. The monoisotopic (exact) mass is 378 g/mol. The third kappa shape index (κ3) is 2.98. The number of fused-ring (bicyclic) bond motifs is 1. The molecule has 2 aromatic rings. The number of anilines is 2. The molecule has 2 saturated heterocycles. The van der Waals surface area contributed by atoms with E-state index in [1.807, 2.05) is 37.2 Å². The molecular formula is C21H22N4O3. The fourth-order valence-electron chi connectivity index (χ4n) is 3.82. The van der Waals surface area contributed by atoms with E-state index >= 15 is 0 Å². The molecule has 0 aromatic heterocycles. The highest BCUT2D eigenvalue weighted by Gasteiger charge is 2.49. The summed E-state index contributed by atoms with van der Waals surface area (Å²) in [6, 6.07) is 14.6. The van der Waals surface area contributed by atoms with Crippen molar-refractivity contribution in [1.29, 1.82) is 0 Å². The van der Waals surface area contributed by atoms with Crippen molar-refractivity contribution in [2.24, 2.45) is 0 Å². The van der Waals surface area contributed by atoms with Crippen molar-refractivity contribution in [2.45, 2.75) is 18.5 Å². The molecule has 0 bridgehead atoms. The number of nitrogens with one attached hydrogen (secondary N) is 1. The van der Waals surface area contributed by atoms with E-state index in [0.29, 0.717) is 24.2 Å². The molecule has 0 saturated carbocycles. The van der Waals surface area contributed by atoms with E-state index in [2.05, 4.69) is 5.32 Å². The number of hydrogen-bond acceptors (Lipinski definition) is 4. The van der Waals surface area contributed by atoms with Crippen molar-refractivity contribution in [3.05, 3.63) is 60.2 Å². The lowest BCUT2D eigenvalue weighted by atomic mass is 10.0. The predicted octanol–water partition coefficient (Wildman–Crippen LogP) is 2.09. The van der Waals surface area contributed by atoms with Gasteiger partial charge in [-0.25, -0.2) is 9.69 Å². The maximum atomic E-state index is 13.2. The second-order valence-electron chi connectivity index (χ2n) is 7.24. The average molecular weight is 378 g/mol. The number of hydrogen-bond donors (Lipinski definition) is 1. The lowest BCUT2D eigenvalue weighted by Crippen LogP contribution is -2.65. The topological polar surface area (TPSA) is 73.0 Å². The molecule has 0 unspecified atom stereocenters. The van der Waals surface area contributed by atoms with Gasteiger partial charge in [-0.15, -0.1) is 0 Å². The molecule has 4 rings (SSSR count). The molecule has 2 atom stereocenters. The fraction of sp³-hybridized carbons (Fsp3) is 0.286. The van der Waals surface area contributed by atoms with Crippen LogP contribution in [0.25, 0.3) is 0 Å². The summed E-state index contributed by atoms with van der Waals surface area (Å²) in [4.78, 5) is 43.4. The van der Waals surface area contributed by atoms with Crippen LogP contribution < -0.4 is 15.1 Å². The SMILES string of the molecule is CN(C)c1ccc(C(=O)N2CC[C@H]3NC(=O)N(c4ccccc4)C(=O)[C@H]32)cc1. The molecule has 28 heavy (non-hydrogen) atoms. The number of imide groups is 1. The van der Waals surface area contributed by atoms with Crippen LogP contribution in [0.15, 0.2) is 54.6 Å². The van der Waals surface area contributed by atoms with Crippen LogP contribution in [0, 0.1) is 0 Å². The number of carbonyl (C=O) groups excluding carboxylic acids is 3. The molecule has 1 N–H and O–H groups in total. The zero-order valence-corrected chi connectivity index (χ0v) is 15.8. The van der Waals surface area contributed by atoms with Gasteiger partial charge >= 0.3 is 6.03 Å². The molecule has 2 aliphatic rings. The van der Waals surface area contributed by atoms with Gasteiger partial charge in [-0.05, 0) is 42.8 Å². The molecule has 2 aromatic carbocycles. The van der Waals surface area contributed by atoms with Crippen molar-refractivity contribution in [3.63, 3.8) is 0 Å². The van der Waals surface area contributed by atoms with Crippen LogP contribution in [0.4, 0.5) is 16.2 Å². The van der Waals surface area contributed by atoms with Crippen LogP contribution >= 0.6 is 0 Å². The number of rotatable bonds is 3. The van der Waals surface area contributed by atoms with Gasteiger partial charge in [0.25, 0.3) is 11.8 Å². The van der Waals surface area contributed by atoms with Crippen LogP contribution in [-0.4, -0.2) is 55.5 Å². The summed E-state index contributed by atoms with van der Waals surface area (Å²) in [5.41, 5.74) is 2.02. The Bertz CT molecular complexity index is 911. The molecule has 2 fully saturated rings. The molecule has 0 radical (unpaired) electrons. The van der Waals surface area contributed by atoms with Gasteiger partial charge in [0.1, 0.15) is 6.04 Å². The van der Waals surface area contributed by atoms with Crippen LogP contribution in [0.2, 0.25) is 0 Å². The number of benzene rings is 2. The Morgan fingerprint density at radius 3 is 2.36 bits per heavy atom. The first-order valence-electron chi connectivity index (χ1n) is 9.25. The maximum Gasteiger partial charge on any atom is 0.329 e. The van der Waals surface area contributed by atoms with E-state index in [-0.39, 0.29) is 17.9 Å². The minimum Gasteiger partial charge on any atom is -0.378 e. The number of urea groups is 1. The van der Waals surface area contributed by atoms with E-state index in [9.17, 15) is 14.4 Å². The molecule has 7 heteroatoms. The third-order valence-electron chi connectivity index (χ3n) is 5.29. The smallest absolute Gasteiger partial charge is 0.329 e. The van der Waals surface area contributed by atoms with Crippen molar-refractivity contribution in [3.8, 4) is 0 Å². The van der Waals surface area contributed by atoms with Gasteiger partial charge in [-0.1, -0.05) is 18.2 Å². The first kappa shape index (κ1) is 18.0. The second-order valence-corrected chi connectivity index (χ2v) is 7.24. The summed E-state index contributed by atoms with van der Waals surface area (Å²) in [7, 11) is 3.87. The van der Waals surface area contributed by atoms with Gasteiger partial charge in [0, 0.05) is 31.9 Å². The lowest BCUT2D eigenvalue weighted by Gasteiger charge is -2.36. The quantitative estimate of drug-likeness (QED) is 0.888. The highest BCUT2D eigenvalue weighted by Crippen LogP contribution is 2.29. The Balaban J connectivity index is 1.61. The zero-order valence-electron chi connectivity index (χ0n) is 15.8. The van der Waals surface area contributed by atoms with Gasteiger partial charge in [-0.3, -0.25) is 9.59 Å². The fourth-order valence-corrected chi connectivity index (χ4v) is 3.82. The Labute approximate surface area is 163 Å². The third-order valence-corrected chi connectivity index (χ3v) is 5.29. The van der Waals surface area contributed by atoms with Crippen LogP contribution in [0.5, 0.6) is 0 Å². The van der Waals surface area contributed by atoms with Gasteiger partial charge in [0.15, 0.2) is 0 Å². The number of nitrogens with zero attached hydrogens (tertiary/aromatic N) is 3. The van der Waals surface area contributed by atoms with Crippen molar-refractivity contribution >= 4 is 29.2 Å². The number of carbonyl (C=O) groups is 3. The van der Waals surface area contributed by atoms with Gasteiger partial charge < -0.3 is 15.1 Å². The van der Waals surface area contributed by atoms with E-state index in [1.54, 1.807) is 41.3 Å². The predicted molar refractivity (Wildman–Crippen MR) is 106 cm³/mol. The van der Waals surface area contributed by atoms with Gasteiger partial charge in [0.2, 0.25) is 0 Å². The first-order chi connectivity index (χ1) is 13.5. The summed E-state index contributed by atoms with van der Waals surface area (Å²) in [5.74, 6) is -0.564. The summed E-state index contributed by atoms with van der Waals surface area (Å²) < 4.78 is 0.